The van der Waals surface area contributed by atoms with Gasteiger partial charge in [-0.3, -0.25) is 9.36 Å². The summed E-state index contributed by atoms with van der Waals surface area (Å²) in [6.45, 7) is 5.36. The third kappa shape index (κ3) is 4.99. The minimum absolute atomic E-state index is 0.00953. The highest BCUT2D eigenvalue weighted by molar-refractivity contribution is 7.99. The van der Waals surface area contributed by atoms with Gasteiger partial charge in [0.05, 0.1) is 18.4 Å². The van der Waals surface area contributed by atoms with Crippen LogP contribution in [0.25, 0.3) is 11.4 Å². The molecule has 140 valence electrons. The molecule has 8 heteroatoms. The zero-order valence-corrected chi connectivity index (χ0v) is 16.5. The van der Waals surface area contributed by atoms with Gasteiger partial charge in [0, 0.05) is 23.2 Å². The van der Waals surface area contributed by atoms with Gasteiger partial charge in [0.1, 0.15) is 0 Å². The first-order chi connectivity index (χ1) is 12.5. The maximum Gasteiger partial charge on any atom is 0.230 e. The summed E-state index contributed by atoms with van der Waals surface area (Å²) >= 11 is 7.39. The first-order valence-corrected chi connectivity index (χ1v) is 10.1. The largest absolute Gasteiger partial charge is 0.376 e. The van der Waals surface area contributed by atoms with Gasteiger partial charge < -0.3 is 10.1 Å². The third-order valence-corrected chi connectivity index (χ3v) is 5.23. The van der Waals surface area contributed by atoms with Crippen molar-refractivity contribution >= 4 is 29.3 Å². The number of nitrogens with zero attached hydrogens (tertiary/aromatic N) is 3. The van der Waals surface area contributed by atoms with Crippen LogP contribution in [0.1, 0.15) is 26.7 Å². The number of hydrogen-bond donors (Lipinski definition) is 1. The van der Waals surface area contributed by atoms with Crippen LogP contribution in [0.2, 0.25) is 5.02 Å². The molecular weight excluding hydrogens is 372 g/mol. The van der Waals surface area contributed by atoms with Gasteiger partial charge in [-0.1, -0.05) is 23.4 Å². The Labute approximate surface area is 162 Å². The molecule has 1 aliphatic rings. The van der Waals surface area contributed by atoms with Gasteiger partial charge in [0.2, 0.25) is 5.91 Å². The van der Waals surface area contributed by atoms with Crippen molar-refractivity contribution in [2.24, 2.45) is 0 Å². The number of halogens is 1. The van der Waals surface area contributed by atoms with Crippen molar-refractivity contribution in [3.8, 4) is 11.4 Å². The summed E-state index contributed by atoms with van der Waals surface area (Å²) in [5.74, 6) is 1.07. The number of benzene rings is 1. The lowest BCUT2D eigenvalue weighted by Crippen LogP contribution is -2.31. The quantitative estimate of drug-likeness (QED) is 0.729. The van der Waals surface area contributed by atoms with Gasteiger partial charge in [0.15, 0.2) is 11.0 Å². The number of rotatable bonds is 7. The molecule has 2 heterocycles. The molecule has 26 heavy (non-hydrogen) atoms. The molecule has 0 aliphatic carbocycles. The number of carbonyl (C=O) groups excluding carboxylic acids is 1. The highest BCUT2D eigenvalue weighted by atomic mass is 35.5. The van der Waals surface area contributed by atoms with E-state index in [1.807, 2.05) is 42.7 Å². The van der Waals surface area contributed by atoms with E-state index >= 15 is 0 Å². The molecule has 1 aromatic heterocycles. The van der Waals surface area contributed by atoms with E-state index in [1.165, 1.54) is 11.8 Å². The molecule has 0 bridgehead atoms. The van der Waals surface area contributed by atoms with E-state index in [1.54, 1.807) is 0 Å². The second kappa shape index (κ2) is 8.88. The van der Waals surface area contributed by atoms with Crippen LogP contribution in [0.4, 0.5) is 0 Å². The Morgan fingerprint density at radius 2 is 2.15 bits per heavy atom. The zero-order valence-electron chi connectivity index (χ0n) is 14.9. The standard InChI is InChI=1S/C18H23ClN4O2S/c1-12(2)20-16(24)11-26-18-22-21-17(13-5-7-14(19)8-6-13)23(18)10-15-4-3-9-25-15/h5-8,12,15H,3-4,9-11H2,1-2H3,(H,20,24)/t15-/m0/s1. The molecule has 0 unspecified atom stereocenters. The molecule has 1 atom stereocenters. The van der Waals surface area contributed by atoms with Crippen molar-refractivity contribution in [3.05, 3.63) is 29.3 Å². The number of nitrogens with one attached hydrogen (secondary N) is 1. The zero-order chi connectivity index (χ0) is 18.5. The SMILES string of the molecule is CC(C)NC(=O)CSc1nnc(-c2ccc(Cl)cc2)n1C[C@@H]1CCCO1. The van der Waals surface area contributed by atoms with Crippen LogP contribution in [-0.4, -0.2) is 45.2 Å². The first kappa shape index (κ1) is 19.2. The Hall–Kier alpha value is -1.57. The molecule has 1 N–H and O–H groups in total. The number of hydrogen-bond acceptors (Lipinski definition) is 5. The highest BCUT2D eigenvalue weighted by Crippen LogP contribution is 2.27. The van der Waals surface area contributed by atoms with Gasteiger partial charge in [-0.05, 0) is 51.0 Å². The summed E-state index contributed by atoms with van der Waals surface area (Å²) in [6.07, 6.45) is 2.25. The maximum absolute atomic E-state index is 12.0. The third-order valence-electron chi connectivity index (χ3n) is 4.01. The summed E-state index contributed by atoms with van der Waals surface area (Å²) in [5, 5.41) is 13.0. The fraction of sp³-hybridized carbons (Fsp3) is 0.500. The van der Waals surface area contributed by atoms with Gasteiger partial charge in [-0.15, -0.1) is 10.2 Å². The van der Waals surface area contributed by atoms with E-state index in [2.05, 4.69) is 15.5 Å². The van der Waals surface area contributed by atoms with Crippen molar-refractivity contribution in [1.29, 1.82) is 0 Å². The van der Waals surface area contributed by atoms with Crippen molar-refractivity contribution in [2.45, 2.75) is 50.5 Å². The first-order valence-electron chi connectivity index (χ1n) is 8.76. The fourth-order valence-corrected chi connectivity index (χ4v) is 3.74. The smallest absolute Gasteiger partial charge is 0.230 e. The Bertz CT molecular complexity index is 742. The molecule has 0 spiro atoms. The molecule has 2 aromatic rings. The Morgan fingerprint density at radius 3 is 2.81 bits per heavy atom. The summed E-state index contributed by atoms with van der Waals surface area (Å²) < 4.78 is 7.83. The minimum Gasteiger partial charge on any atom is -0.376 e. The molecule has 1 aromatic carbocycles. The molecule has 1 fully saturated rings. The van der Waals surface area contributed by atoms with E-state index in [4.69, 9.17) is 16.3 Å². The summed E-state index contributed by atoms with van der Waals surface area (Å²) in [6, 6.07) is 7.66. The monoisotopic (exact) mass is 394 g/mol. The summed E-state index contributed by atoms with van der Waals surface area (Å²) in [5.41, 5.74) is 0.943. The van der Waals surface area contributed by atoms with Crippen LogP contribution in [0.5, 0.6) is 0 Å². The molecule has 0 radical (unpaired) electrons. The maximum atomic E-state index is 12.0. The van der Waals surface area contributed by atoms with Crippen molar-refractivity contribution in [2.75, 3.05) is 12.4 Å². The van der Waals surface area contributed by atoms with Crippen molar-refractivity contribution < 1.29 is 9.53 Å². The van der Waals surface area contributed by atoms with E-state index in [-0.39, 0.29) is 18.1 Å². The van der Waals surface area contributed by atoms with E-state index in [9.17, 15) is 4.79 Å². The molecular formula is C18H23ClN4O2S. The number of thioether (sulfide) groups is 1. The molecule has 1 aliphatic heterocycles. The Kier molecular flexibility index (Phi) is 6.56. The van der Waals surface area contributed by atoms with Crippen molar-refractivity contribution in [1.82, 2.24) is 20.1 Å². The van der Waals surface area contributed by atoms with Crippen LogP contribution in [0, 0.1) is 0 Å². The lowest BCUT2D eigenvalue weighted by Gasteiger charge is -2.15. The highest BCUT2D eigenvalue weighted by Gasteiger charge is 2.22. The van der Waals surface area contributed by atoms with Crippen molar-refractivity contribution in [3.63, 3.8) is 0 Å². The van der Waals surface area contributed by atoms with Crippen LogP contribution in [0.3, 0.4) is 0 Å². The second-order valence-electron chi connectivity index (χ2n) is 6.57. The van der Waals surface area contributed by atoms with Gasteiger partial charge >= 0.3 is 0 Å². The van der Waals surface area contributed by atoms with Crippen LogP contribution < -0.4 is 5.32 Å². The Morgan fingerprint density at radius 1 is 1.38 bits per heavy atom. The van der Waals surface area contributed by atoms with E-state index in [0.29, 0.717) is 17.3 Å². The number of amides is 1. The minimum atomic E-state index is -0.00953. The molecule has 1 amide bonds. The molecule has 1 saturated heterocycles. The van der Waals surface area contributed by atoms with E-state index in [0.717, 1.165) is 36.0 Å². The molecule has 3 rings (SSSR count). The predicted octanol–water partition coefficient (Wildman–Crippen LogP) is 3.39. The van der Waals surface area contributed by atoms with E-state index < -0.39 is 0 Å². The molecule has 6 nitrogen and oxygen atoms in total. The van der Waals surface area contributed by atoms with Crippen LogP contribution in [-0.2, 0) is 16.1 Å². The number of carbonyl (C=O) groups is 1. The normalized spacial score (nSPS) is 17.0. The Balaban J connectivity index is 1.81. The summed E-state index contributed by atoms with van der Waals surface area (Å²) in [7, 11) is 0. The van der Waals surface area contributed by atoms with Gasteiger partial charge in [-0.25, -0.2) is 0 Å². The number of aromatic nitrogens is 3. The lowest BCUT2D eigenvalue weighted by atomic mass is 10.2. The fourth-order valence-electron chi connectivity index (χ4n) is 2.86. The van der Waals surface area contributed by atoms with Crippen LogP contribution in [0.15, 0.2) is 29.4 Å². The predicted molar refractivity (Wildman–Crippen MR) is 103 cm³/mol. The van der Waals surface area contributed by atoms with Gasteiger partial charge in [-0.2, -0.15) is 0 Å². The van der Waals surface area contributed by atoms with Crippen LogP contribution >= 0.6 is 23.4 Å². The summed E-state index contributed by atoms with van der Waals surface area (Å²) in [4.78, 5) is 12.0. The topological polar surface area (TPSA) is 69.0 Å². The second-order valence-corrected chi connectivity index (χ2v) is 7.95. The molecule has 0 saturated carbocycles. The number of ether oxygens (including phenoxy) is 1. The average Bonchev–Trinajstić information content (AvgIpc) is 3.24. The lowest BCUT2D eigenvalue weighted by molar-refractivity contribution is -0.119. The van der Waals surface area contributed by atoms with Gasteiger partial charge in [0.25, 0.3) is 0 Å². The average molecular weight is 395 g/mol.